The second kappa shape index (κ2) is 3.38. The lowest BCUT2D eigenvalue weighted by atomic mass is 10.2. The van der Waals surface area contributed by atoms with Gasteiger partial charge in [0, 0.05) is 6.42 Å². The zero-order valence-electron chi connectivity index (χ0n) is 8.61. The van der Waals surface area contributed by atoms with Crippen LogP contribution in [0.1, 0.15) is 23.7 Å². The van der Waals surface area contributed by atoms with E-state index >= 15 is 0 Å². The number of fused-ring (bicyclic) bond motifs is 1. The number of hydrogen-bond acceptors (Lipinski definition) is 3. The molecule has 2 aromatic rings. The van der Waals surface area contributed by atoms with Gasteiger partial charge in [-0.15, -0.1) is 0 Å². The van der Waals surface area contributed by atoms with Crippen LogP contribution in [0, 0.1) is 6.92 Å². The summed E-state index contributed by atoms with van der Waals surface area (Å²) in [4.78, 5) is 22.9. The van der Waals surface area contributed by atoms with Crippen LogP contribution < -0.4 is 5.76 Å². The summed E-state index contributed by atoms with van der Waals surface area (Å²) < 4.78 is 6.05. The van der Waals surface area contributed by atoms with Gasteiger partial charge in [0.05, 0.1) is 5.52 Å². The van der Waals surface area contributed by atoms with E-state index in [0.717, 1.165) is 10.1 Å². The Morgan fingerprint density at radius 3 is 2.87 bits per heavy atom. The molecule has 0 unspecified atom stereocenters. The topological polar surface area (TPSA) is 52.2 Å². The van der Waals surface area contributed by atoms with E-state index < -0.39 is 5.76 Å². The summed E-state index contributed by atoms with van der Waals surface area (Å²) in [5.74, 6) is -0.855. The Balaban J connectivity index is 2.82. The smallest absolute Gasteiger partial charge is 0.407 e. The molecule has 1 heterocycles. The van der Waals surface area contributed by atoms with Crippen molar-refractivity contribution in [3.05, 3.63) is 34.3 Å². The number of carbonyl (C=O) groups excluding carboxylic acids is 1. The van der Waals surface area contributed by atoms with Gasteiger partial charge in [-0.2, -0.15) is 0 Å². The molecule has 0 amide bonds. The van der Waals surface area contributed by atoms with E-state index in [9.17, 15) is 9.59 Å². The van der Waals surface area contributed by atoms with Crippen molar-refractivity contribution in [2.24, 2.45) is 0 Å². The molecule has 1 aromatic heterocycles. The molecule has 4 nitrogen and oxygen atoms in total. The van der Waals surface area contributed by atoms with Gasteiger partial charge in [0.2, 0.25) is 5.91 Å². The lowest BCUT2D eigenvalue weighted by Crippen LogP contribution is -2.21. The van der Waals surface area contributed by atoms with Crippen LogP contribution in [0.4, 0.5) is 0 Å². The second-order valence-electron chi connectivity index (χ2n) is 3.42. The molecule has 0 spiro atoms. The molecule has 0 atom stereocenters. The van der Waals surface area contributed by atoms with Crippen LogP contribution in [-0.2, 0) is 0 Å². The molecular weight excluding hydrogens is 194 g/mol. The minimum atomic E-state index is -0.609. The third-order valence-corrected chi connectivity index (χ3v) is 2.29. The van der Waals surface area contributed by atoms with Crippen molar-refractivity contribution in [2.75, 3.05) is 0 Å². The zero-order chi connectivity index (χ0) is 11.0. The average molecular weight is 205 g/mol. The molecule has 0 aliphatic carbocycles. The van der Waals surface area contributed by atoms with Crippen LogP contribution in [0.5, 0.6) is 0 Å². The summed E-state index contributed by atoms with van der Waals surface area (Å²) in [6.07, 6.45) is 0.280. The SMILES string of the molecule is CCC(=O)n1c(=O)oc2ccc(C)cc21. The van der Waals surface area contributed by atoms with Gasteiger partial charge in [-0.05, 0) is 24.6 Å². The molecular formula is C11H11NO3. The highest BCUT2D eigenvalue weighted by Crippen LogP contribution is 2.14. The molecule has 1 aromatic carbocycles. The predicted molar refractivity (Wildman–Crippen MR) is 56.1 cm³/mol. The zero-order valence-corrected chi connectivity index (χ0v) is 8.61. The van der Waals surface area contributed by atoms with Crippen LogP contribution >= 0.6 is 0 Å². The Labute approximate surface area is 86.1 Å². The number of carbonyl (C=O) groups is 1. The summed E-state index contributed by atoms with van der Waals surface area (Å²) >= 11 is 0. The molecule has 0 saturated carbocycles. The fraction of sp³-hybridized carbons (Fsp3) is 0.273. The highest BCUT2D eigenvalue weighted by molar-refractivity contribution is 5.89. The first-order valence-electron chi connectivity index (χ1n) is 4.79. The van der Waals surface area contributed by atoms with Gasteiger partial charge in [0.1, 0.15) is 0 Å². The number of aryl methyl sites for hydroxylation is 1. The molecule has 78 valence electrons. The van der Waals surface area contributed by atoms with Crippen molar-refractivity contribution in [3.8, 4) is 0 Å². The normalized spacial score (nSPS) is 10.8. The summed E-state index contributed by atoms with van der Waals surface area (Å²) in [6.45, 7) is 3.61. The average Bonchev–Trinajstić information content (AvgIpc) is 2.52. The van der Waals surface area contributed by atoms with E-state index in [2.05, 4.69) is 0 Å². The van der Waals surface area contributed by atoms with E-state index in [0.29, 0.717) is 11.1 Å². The van der Waals surface area contributed by atoms with Crippen molar-refractivity contribution in [2.45, 2.75) is 20.3 Å². The van der Waals surface area contributed by atoms with E-state index in [1.165, 1.54) is 0 Å². The minimum absolute atomic E-state index is 0.246. The van der Waals surface area contributed by atoms with E-state index in [1.54, 1.807) is 19.1 Å². The highest BCUT2D eigenvalue weighted by atomic mass is 16.4. The number of benzene rings is 1. The van der Waals surface area contributed by atoms with E-state index in [4.69, 9.17) is 4.42 Å². The Morgan fingerprint density at radius 1 is 1.47 bits per heavy atom. The van der Waals surface area contributed by atoms with Crippen molar-refractivity contribution in [3.63, 3.8) is 0 Å². The van der Waals surface area contributed by atoms with Crippen molar-refractivity contribution >= 4 is 17.0 Å². The molecule has 4 heteroatoms. The van der Waals surface area contributed by atoms with E-state index in [1.807, 2.05) is 13.0 Å². The maximum absolute atomic E-state index is 11.5. The Morgan fingerprint density at radius 2 is 2.20 bits per heavy atom. The van der Waals surface area contributed by atoms with Gasteiger partial charge in [-0.3, -0.25) is 4.79 Å². The molecule has 0 aliphatic rings. The quantitative estimate of drug-likeness (QED) is 0.715. The van der Waals surface area contributed by atoms with E-state index in [-0.39, 0.29) is 12.3 Å². The van der Waals surface area contributed by atoms with Gasteiger partial charge in [0.15, 0.2) is 5.58 Å². The fourth-order valence-electron chi connectivity index (χ4n) is 1.52. The summed E-state index contributed by atoms with van der Waals surface area (Å²) in [5.41, 5.74) is 1.99. The van der Waals surface area contributed by atoms with Crippen LogP contribution in [-0.4, -0.2) is 10.5 Å². The van der Waals surface area contributed by atoms with Crippen LogP contribution in [0.3, 0.4) is 0 Å². The van der Waals surface area contributed by atoms with Gasteiger partial charge < -0.3 is 4.42 Å². The molecule has 15 heavy (non-hydrogen) atoms. The van der Waals surface area contributed by atoms with Gasteiger partial charge in [-0.1, -0.05) is 13.0 Å². The number of rotatable bonds is 1. The molecule has 0 aliphatic heterocycles. The van der Waals surface area contributed by atoms with Crippen LogP contribution in [0.15, 0.2) is 27.4 Å². The van der Waals surface area contributed by atoms with Crippen LogP contribution in [0.2, 0.25) is 0 Å². The number of hydrogen-bond donors (Lipinski definition) is 0. The monoisotopic (exact) mass is 205 g/mol. The number of oxazole rings is 1. The fourth-order valence-corrected chi connectivity index (χ4v) is 1.52. The molecule has 0 radical (unpaired) electrons. The Hall–Kier alpha value is -1.84. The first-order valence-corrected chi connectivity index (χ1v) is 4.79. The number of nitrogens with zero attached hydrogens (tertiary/aromatic N) is 1. The summed E-state index contributed by atoms with van der Waals surface area (Å²) in [7, 11) is 0. The summed E-state index contributed by atoms with van der Waals surface area (Å²) in [6, 6.07) is 5.31. The second-order valence-corrected chi connectivity index (χ2v) is 3.42. The minimum Gasteiger partial charge on any atom is -0.407 e. The lowest BCUT2D eigenvalue weighted by Gasteiger charge is -1.97. The predicted octanol–water partition coefficient (Wildman–Crippen LogP) is 1.95. The first-order chi connectivity index (χ1) is 7.13. The molecule has 0 saturated heterocycles. The summed E-state index contributed by atoms with van der Waals surface area (Å²) in [5, 5.41) is 0. The van der Waals surface area contributed by atoms with Crippen molar-refractivity contribution in [1.82, 2.24) is 4.57 Å². The molecule has 0 fully saturated rings. The lowest BCUT2D eigenvalue weighted by molar-refractivity contribution is 0.0905. The Kier molecular flexibility index (Phi) is 2.19. The first kappa shape index (κ1) is 9.71. The molecule has 0 N–H and O–H groups in total. The van der Waals surface area contributed by atoms with Gasteiger partial charge in [0.25, 0.3) is 0 Å². The molecule has 2 rings (SSSR count). The number of aromatic nitrogens is 1. The third-order valence-electron chi connectivity index (χ3n) is 2.29. The van der Waals surface area contributed by atoms with Crippen molar-refractivity contribution < 1.29 is 9.21 Å². The molecule has 0 bridgehead atoms. The van der Waals surface area contributed by atoms with Crippen LogP contribution in [0.25, 0.3) is 11.1 Å². The van der Waals surface area contributed by atoms with Gasteiger partial charge >= 0.3 is 5.76 Å². The largest absolute Gasteiger partial charge is 0.426 e. The standard InChI is InChI=1S/C11H11NO3/c1-3-10(13)12-8-6-7(2)4-5-9(8)15-11(12)14/h4-6H,3H2,1-2H3. The third kappa shape index (κ3) is 1.48. The maximum atomic E-state index is 11.5. The highest BCUT2D eigenvalue weighted by Gasteiger charge is 2.13. The maximum Gasteiger partial charge on any atom is 0.426 e. The Bertz CT molecular complexity index is 577. The van der Waals surface area contributed by atoms with Gasteiger partial charge in [-0.25, -0.2) is 9.36 Å². The van der Waals surface area contributed by atoms with Crippen molar-refractivity contribution in [1.29, 1.82) is 0 Å².